The third-order valence-electron chi connectivity index (χ3n) is 3.76. The fourth-order valence-electron chi connectivity index (χ4n) is 2.59. The van der Waals surface area contributed by atoms with E-state index in [1.807, 2.05) is 32.9 Å². The fourth-order valence-corrected chi connectivity index (χ4v) is 2.59. The summed E-state index contributed by atoms with van der Waals surface area (Å²) < 4.78 is 0. The number of Topliss-reactive ketones (excluding diaryl/α,β-unsaturated/α-hetero) is 2. The fraction of sp³-hybridized carbons (Fsp3) is 0.438. The largest absolute Gasteiger partial charge is 0.304 e. The van der Waals surface area contributed by atoms with Crippen LogP contribution in [0.15, 0.2) is 12.1 Å². The van der Waals surface area contributed by atoms with Crippen molar-refractivity contribution in [2.45, 2.75) is 40.0 Å². The van der Waals surface area contributed by atoms with Gasteiger partial charge in [-0.15, -0.1) is 0 Å². The zero-order chi connectivity index (χ0) is 14.9. The minimum absolute atomic E-state index is 0.184. The molecule has 1 aliphatic rings. The molecule has 0 N–H and O–H groups in total. The summed E-state index contributed by atoms with van der Waals surface area (Å²) in [6, 6.07) is 3.79. The number of carbonyl (C=O) groups is 3. The van der Waals surface area contributed by atoms with Crippen LogP contribution in [0.4, 0.5) is 5.69 Å². The molecule has 4 nitrogen and oxygen atoms in total. The van der Waals surface area contributed by atoms with Crippen molar-refractivity contribution in [3.63, 3.8) is 0 Å². The number of ketones is 2. The van der Waals surface area contributed by atoms with Crippen molar-refractivity contribution in [2.24, 2.45) is 0 Å². The van der Waals surface area contributed by atoms with Gasteiger partial charge < -0.3 is 4.90 Å². The summed E-state index contributed by atoms with van der Waals surface area (Å²) in [5.74, 6) is -0.714. The Morgan fingerprint density at radius 2 is 1.80 bits per heavy atom. The van der Waals surface area contributed by atoms with Gasteiger partial charge in [0.25, 0.3) is 11.7 Å². The van der Waals surface area contributed by atoms with Gasteiger partial charge in [-0.05, 0) is 31.4 Å². The van der Waals surface area contributed by atoms with Gasteiger partial charge in [-0.2, -0.15) is 0 Å². The molecule has 0 bridgehead atoms. The SMILES string of the molecule is CCC(=O)CCCN1C(=O)C(=O)c2c(C)ccc(C)c21. The Morgan fingerprint density at radius 1 is 1.15 bits per heavy atom. The monoisotopic (exact) mass is 273 g/mol. The number of nitrogens with zero attached hydrogens (tertiary/aromatic N) is 1. The van der Waals surface area contributed by atoms with E-state index in [0.717, 1.165) is 16.8 Å². The van der Waals surface area contributed by atoms with Crippen LogP contribution in [0.1, 0.15) is 47.7 Å². The average molecular weight is 273 g/mol. The molecule has 1 amide bonds. The van der Waals surface area contributed by atoms with Crippen molar-refractivity contribution < 1.29 is 14.4 Å². The Kier molecular flexibility index (Phi) is 4.02. The maximum absolute atomic E-state index is 12.1. The van der Waals surface area contributed by atoms with Gasteiger partial charge in [-0.3, -0.25) is 14.4 Å². The molecule has 0 aromatic heterocycles. The van der Waals surface area contributed by atoms with Crippen molar-refractivity contribution in [1.29, 1.82) is 0 Å². The highest BCUT2D eigenvalue weighted by Crippen LogP contribution is 2.34. The smallest absolute Gasteiger partial charge is 0.299 e. The number of anilines is 1. The molecule has 20 heavy (non-hydrogen) atoms. The summed E-state index contributed by atoms with van der Waals surface area (Å²) >= 11 is 0. The summed E-state index contributed by atoms with van der Waals surface area (Å²) in [7, 11) is 0. The normalized spacial score (nSPS) is 13.8. The van der Waals surface area contributed by atoms with Gasteiger partial charge >= 0.3 is 0 Å². The molecule has 0 aliphatic carbocycles. The van der Waals surface area contributed by atoms with Crippen LogP contribution in [-0.2, 0) is 9.59 Å². The molecule has 0 unspecified atom stereocenters. The van der Waals surface area contributed by atoms with Gasteiger partial charge in [-0.25, -0.2) is 0 Å². The van der Waals surface area contributed by atoms with E-state index < -0.39 is 11.7 Å². The number of amides is 1. The van der Waals surface area contributed by atoms with Gasteiger partial charge in [-0.1, -0.05) is 19.1 Å². The Bertz CT molecular complexity index is 590. The van der Waals surface area contributed by atoms with E-state index in [-0.39, 0.29) is 5.78 Å². The van der Waals surface area contributed by atoms with Crippen LogP contribution < -0.4 is 4.90 Å². The second kappa shape index (κ2) is 5.57. The lowest BCUT2D eigenvalue weighted by atomic mass is 10.0. The van der Waals surface area contributed by atoms with E-state index in [1.54, 1.807) is 0 Å². The van der Waals surface area contributed by atoms with Gasteiger partial charge in [0.05, 0.1) is 11.3 Å². The molecule has 0 spiro atoms. The topological polar surface area (TPSA) is 54.5 Å². The molecule has 1 aromatic carbocycles. The number of fused-ring (bicyclic) bond motifs is 1. The molecule has 0 saturated carbocycles. The standard InChI is InChI=1S/C16H19NO3/c1-4-12(18)6-5-9-17-14-11(3)8-7-10(2)13(14)15(19)16(17)20/h7-8H,4-6,9H2,1-3H3. The third-order valence-corrected chi connectivity index (χ3v) is 3.76. The summed E-state index contributed by atoms with van der Waals surface area (Å²) in [5.41, 5.74) is 3.00. The Morgan fingerprint density at radius 3 is 2.45 bits per heavy atom. The van der Waals surface area contributed by atoms with E-state index in [0.29, 0.717) is 31.4 Å². The van der Waals surface area contributed by atoms with Crippen molar-refractivity contribution in [3.8, 4) is 0 Å². The van der Waals surface area contributed by atoms with E-state index in [9.17, 15) is 14.4 Å². The van der Waals surface area contributed by atoms with Crippen LogP contribution in [0.5, 0.6) is 0 Å². The molecule has 0 fully saturated rings. The quantitative estimate of drug-likeness (QED) is 0.775. The minimum atomic E-state index is -0.471. The Labute approximate surface area is 118 Å². The van der Waals surface area contributed by atoms with Crippen LogP contribution in [0, 0.1) is 13.8 Å². The molecular weight excluding hydrogens is 254 g/mol. The van der Waals surface area contributed by atoms with E-state index in [1.165, 1.54) is 4.90 Å². The molecule has 1 aliphatic heterocycles. The second-order valence-corrected chi connectivity index (χ2v) is 5.20. The van der Waals surface area contributed by atoms with E-state index >= 15 is 0 Å². The van der Waals surface area contributed by atoms with Gasteiger partial charge in [0, 0.05) is 19.4 Å². The second-order valence-electron chi connectivity index (χ2n) is 5.20. The Hall–Kier alpha value is -1.97. The number of carbonyl (C=O) groups excluding carboxylic acids is 3. The number of aryl methyl sites for hydroxylation is 2. The van der Waals surface area contributed by atoms with E-state index in [2.05, 4.69) is 0 Å². The van der Waals surface area contributed by atoms with Crippen molar-refractivity contribution in [1.82, 2.24) is 0 Å². The third kappa shape index (κ3) is 2.38. The molecular formula is C16H19NO3. The highest BCUT2D eigenvalue weighted by Gasteiger charge is 2.37. The summed E-state index contributed by atoms with van der Waals surface area (Å²) in [6.45, 7) is 5.99. The predicted molar refractivity (Wildman–Crippen MR) is 77.1 cm³/mol. The number of hydrogen-bond donors (Lipinski definition) is 0. The predicted octanol–water partition coefficient (Wildman–Crippen LogP) is 2.59. The number of rotatable bonds is 5. The summed E-state index contributed by atoms with van der Waals surface area (Å²) in [6.07, 6.45) is 1.56. The molecule has 2 rings (SSSR count). The zero-order valence-electron chi connectivity index (χ0n) is 12.2. The lowest BCUT2D eigenvalue weighted by Gasteiger charge is -2.18. The van der Waals surface area contributed by atoms with Gasteiger partial charge in [0.15, 0.2) is 0 Å². The highest BCUT2D eigenvalue weighted by molar-refractivity contribution is 6.52. The Balaban J connectivity index is 2.25. The lowest BCUT2D eigenvalue weighted by molar-refractivity contribution is -0.119. The minimum Gasteiger partial charge on any atom is -0.304 e. The first-order valence-corrected chi connectivity index (χ1v) is 6.95. The van der Waals surface area contributed by atoms with Gasteiger partial charge in [0.2, 0.25) is 0 Å². The van der Waals surface area contributed by atoms with Crippen LogP contribution >= 0.6 is 0 Å². The molecule has 106 valence electrons. The van der Waals surface area contributed by atoms with Crippen LogP contribution in [0.2, 0.25) is 0 Å². The van der Waals surface area contributed by atoms with Crippen molar-refractivity contribution in [3.05, 3.63) is 28.8 Å². The van der Waals surface area contributed by atoms with Crippen LogP contribution in [-0.4, -0.2) is 24.0 Å². The molecule has 0 saturated heterocycles. The summed E-state index contributed by atoms with van der Waals surface area (Å²) in [4.78, 5) is 37.0. The first kappa shape index (κ1) is 14.4. The zero-order valence-corrected chi connectivity index (χ0v) is 12.2. The first-order chi connectivity index (χ1) is 9.47. The van der Waals surface area contributed by atoms with Crippen molar-refractivity contribution in [2.75, 3.05) is 11.4 Å². The maximum Gasteiger partial charge on any atom is 0.299 e. The summed E-state index contributed by atoms with van der Waals surface area (Å²) in [5, 5.41) is 0. The lowest BCUT2D eigenvalue weighted by Crippen LogP contribution is -2.31. The average Bonchev–Trinajstić information content (AvgIpc) is 2.68. The molecule has 1 aromatic rings. The first-order valence-electron chi connectivity index (χ1n) is 6.95. The molecule has 1 heterocycles. The number of hydrogen-bond acceptors (Lipinski definition) is 3. The molecule has 4 heteroatoms. The van der Waals surface area contributed by atoms with Gasteiger partial charge in [0.1, 0.15) is 5.78 Å². The highest BCUT2D eigenvalue weighted by atomic mass is 16.2. The number of benzene rings is 1. The molecule has 0 radical (unpaired) electrons. The van der Waals surface area contributed by atoms with E-state index in [4.69, 9.17) is 0 Å². The van der Waals surface area contributed by atoms with Crippen LogP contribution in [0.3, 0.4) is 0 Å². The van der Waals surface area contributed by atoms with Crippen molar-refractivity contribution >= 4 is 23.2 Å². The maximum atomic E-state index is 12.1. The van der Waals surface area contributed by atoms with Crippen LogP contribution in [0.25, 0.3) is 0 Å². The molecule has 0 atom stereocenters.